The van der Waals surface area contributed by atoms with Gasteiger partial charge in [-0.25, -0.2) is 0 Å². The average Bonchev–Trinajstić information content (AvgIpc) is 2.71. The van der Waals surface area contributed by atoms with Crippen LogP contribution in [0.2, 0.25) is 0 Å². The van der Waals surface area contributed by atoms with E-state index in [1.807, 2.05) is 12.2 Å². The van der Waals surface area contributed by atoms with Crippen LogP contribution in [0.4, 0.5) is 0 Å². The maximum absolute atomic E-state index is 4.30. The molecule has 0 bridgehead atoms. The molecule has 0 aromatic carbocycles. The van der Waals surface area contributed by atoms with Gasteiger partial charge < -0.3 is 5.32 Å². The molecule has 0 aliphatic carbocycles. The Kier molecular flexibility index (Phi) is 15.3. The molecule has 1 nitrogen and oxygen atoms in total. The molecule has 5 atom stereocenters. The van der Waals surface area contributed by atoms with Gasteiger partial charge in [-0.15, -0.1) is 6.58 Å². The first kappa shape index (κ1) is 29.4. The van der Waals surface area contributed by atoms with Crippen molar-refractivity contribution in [1.29, 1.82) is 0 Å². The fraction of sp³-hybridized carbons (Fsp3) is 0.600. The molecule has 1 N–H and O–H groups in total. The summed E-state index contributed by atoms with van der Waals surface area (Å²) in [5, 5.41) is 3.48. The largest absolute Gasteiger partial charge is 0.317 e. The van der Waals surface area contributed by atoms with Crippen molar-refractivity contribution in [3.8, 4) is 0 Å². The lowest BCUT2D eigenvalue weighted by Crippen LogP contribution is -2.33. The highest BCUT2D eigenvalue weighted by Gasteiger charge is 2.30. The normalized spacial score (nSPS) is 17.7. The summed E-state index contributed by atoms with van der Waals surface area (Å²) in [4.78, 5) is 0. The van der Waals surface area contributed by atoms with Gasteiger partial charge in [-0.1, -0.05) is 87.8 Å². The molecule has 0 rings (SSSR count). The lowest BCUT2D eigenvalue weighted by atomic mass is 9.69. The Morgan fingerprint density at radius 2 is 1.58 bits per heavy atom. The molecule has 3 unspecified atom stereocenters. The molecule has 31 heavy (non-hydrogen) atoms. The van der Waals surface area contributed by atoms with Crippen molar-refractivity contribution in [3.05, 3.63) is 71.9 Å². The molecule has 0 amide bonds. The number of hydrogen-bond donors (Lipinski definition) is 1. The Bertz CT molecular complexity index is 654. The molecule has 0 aliphatic rings. The third-order valence-electron chi connectivity index (χ3n) is 6.69. The second-order valence-corrected chi connectivity index (χ2v) is 9.63. The van der Waals surface area contributed by atoms with Gasteiger partial charge in [-0.3, -0.25) is 0 Å². The highest BCUT2D eigenvalue weighted by molar-refractivity contribution is 5.38. The molecule has 0 fully saturated rings. The zero-order chi connectivity index (χ0) is 24.0. The van der Waals surface area contributed by atoms with Crippen LogP contribution >= 0.6 is 0 Å². The van der Waals surface area contributed by atoms with Crippen LogP contribution in [0.25, 0.3) is 0 Å². The maximum Gasteiger partial charge on any atom is 0.00639 e. The highest BCUT2D eigenvalue weighted by Crippen LogP contribution is 2.40. The van der Waals surface area contributed by atoms with Gasteiger partial charge in [-0.05, 0) is 89.3 Å². The first-order valence-electron chi connectivity index (χ1n) is 12.3. The van der Waals surface area contributed by atoms with E-state index in [9.17, 15) is 0 Å². The molecular weight excluding hydrogens is 374 g/mol. The third kappa shape index (κ3) is 11.0. The number of rotatable bonds is 15. The predicted molar refractivity (Wildman–Crippen MR) is 143 cm³/mol. The Hall–Kier alpha value is -1.60. The molecule has 0 saturated heterocycles. The Labute approximate surface area is 195 Å². The highest BCUT2D eigenvalue weighted by atomic mass is 14.9. The van der Waals surface area contributed by atoms with Gasteiger partial charge in [0.15, 0.2) is 0 Å². The Morgan fingerprint density at radius 1 is 0.935 bits per heavy atom. The van der Waals surface area contributed by atoms with E-state index >= 15 is 0 Å². The second kappa shape index (κ2) is 16.1. The van der Waals surface area contributed by atoms with Crippen LogP contribution < -0.4 is 5.32 Å². The lowest BCUT2D eigenvalue weighted by molar-refractivity contribution is 0.201. The van der Waals surface area contributed by atoms with E-state index in [4.69, 9.17) is 0 Å². The molecule has 0 saturated carbocycles. The number of hydrogen-bond acceptors (Lipinski definition) is 1. The molecule has 0 spiro atoms. The number of nitrogens with one attached hydrogen (secondary N) is 1. The van der Waals surface area contributed by atoms with E-state index in [-0.39, 0.29) is 0 Å². The summed E-state index contributed by atoms with van der Waals surface area (Å²) >= 11 is 0. The molecule has 0 heterocycles. The van der Waals surface area contributed by atoms with Gasteiger partial charge in [0, 0.05) is 6.04 Å². The fourth-order valence-corrected chi connectivity index (χ4v) is 4.74. The minimum Gasteiger partial charge on any atom is -0.317 e. The van der Waals surface area contributed by atoms with Gasteiger partial charge in [0.1, 0.15) is 0 Å². The van der Waals surface area contributed by atoms with Crippen molar-refractivity contribution in [1.82, 2.24) is 5.32 Å². The van der Waals surface area contributed by atoms with Crippen LogP contribution in [-0.2, 0) is 0 Å². The molecular formula is C30H51N. The minimum absolute atomic E-state index is 0.476. The van der Waals surface area contributed by atoms with Crippen molar-refractivity contribution < 1.29 is 0 Å². The van der Waals surface area contributed by atoms with E-state index in [0.717, 1.165) is 6.42 Å². The van der Waals surface area contributed by atoms with Crippen molar-refractivity contribution >= 4 is 0 Å². The van der Waals surface area contributed by atoms with Crippen LogP contribution in [0.15, 0.2) is 71.9 Å². The first-order valence-corrected chi connectivity index (χ1v) is 12.3. The second-order valence-electron chi connectivity index (χ2n) is 9.63. The molecule has 1 heteroatoms. The van der Waals surface area contributed by atoms with E-state index in [0.29, 0.717) is 29.7 Å². The van der Waals surface area contributed by atoms with E-state index < -0.39 is 0 Å². The van der Waals surface area contributed by atoms with Gasteiger partial charge in [0.05, 0.1) is 0 Å². The maximum atomic E-state index is 4.30. The van der Waals surface area contributed by atoms with Crippen LogP contribution in [0.3, 0.4) is 0 Å². The predicted octanol–water partition coefficient (Wildman–Crippen LogP) is 8.84. The van der Waals surface area contributed by atoms with Crippen molar-refractivity contribution in [2.24, 2.45) is 23.7 Å². The third-order valence-corrected chi connectivity index (χ3v) is 6.69. The standard InChI is InChI=1S/C30H51N/c1-12-15-16-17-24(8)29(19-18-22(4)5)30(20-23(6)7)28(14-3)25(9)21-27(13-2)26(10)31-11/h12,15-19,25-28,30-31H,1,6,13-14,20-21H2,2-5,7-11H3/b16-15-,24-17+,29-19-/t25?,26?,27-,28?,30-/m0/s1. The van der Waals surface area contributed by atoms with Crippen LogP contribution in [0, 0.1) is 23.7 Å². The summed E-state index contributed by atoms with van der Waals surface area (Å²) in [5.74, 6) is 2.46. The van der Waals surface area contributed by atoms with E-state index in [1.165, 1.54) is 41.6 Å². The minimum atomic E-state index is 0.476. The summed E-state index contributed by atoms with van der Waals surface area (Å²) in [5.41, 5.74) is 5.38. The summed E-state index contributed by atoms with van der Waals surface area (Å²) in [6, 6.07) is 0.552. The average molecular weight is 426 g/mol. The van der Waals surface area contributed by atoms with Crippen LogP contribution in [0.5, 0.6) is 0 Å². The molecule has 176 valence electrons. The topological polar surface area (TPSA) is 12.0 Å². The summed E-state index contributed by atoms with van der Waals surface area (Å²) < 4.78 is 0. The molecule has 0 radical (unpaired) electrons. The Morgan fingerprint density at radius 3 is 2.03 bits per heavy atom. The zero-order valence-corrected chi connectivity index (χ0v) is 22.1. The summed E-state index contributed by atoms with van der Waals surface area (Å²) in [6.07, 6.45) is 17.5. The molecule has 0 aliphatic heterocycles. The fourth-order valence-electron chi connectivity index (χ4n) is 4.74. The van der Waals surface area contributed by atoms with Crippen LogP contribution in [-0.4, -0.2) is 13.1 Å². The quantitative estimate of drug-likeness (QED) is 0.204. The SMILES string of the molecule is C=C\C=C/C=C(C)/C(=C/C=C(C)C)[C@@H](CC(=C)C)C(CC)C(C)C[C@H](CC)C(C)NC. The lowest BCUT2D eigenvalue weighted by Gasteiger charge is -2.36. The first-order chi connectivity index (χ1) is 14.6. The van der Waals surface area contributed by atoms with Crippen molar-refractivity contribution in [2.75, 3.05) is 7.05 Å². The molecule has 0 aromatic heterocycles. The Balaban J connectivity index is 6.25. The van der Waals surface area contributed by atoms with E-state index in [2.05, 4.69) is 105 Å². The monoisotopic (exact) mass is 425 g/mol. The molecule has 0 aromatic rings. The van der Waals surface area contributed by atoms with Gasteiger partial charge in [-0.2, -0.15) is 0 Å². The smallest absolute Gasteiger partial charge is 0.00639 e. The summed E-state index contributed by atoms with van der Waals surface area (Å²) in [6.45, 7) is 26.4. The van der Waals surface area contributed by atoms with Crippen LogP contribution in [0.1, 0.15) is 81.1 Å². The van der Waals surface area contributed by atoms with Crippen molar-refractivity contribution in [2.45, 2.75) is 87.1 Å². The summed E-state index contributed by atoms with van der Waals surface area (Å²) in [7, 11) is 2.09. The van der Waals surface area contributed by atoms with Gasteiger partial charge in [0.25, 0.3) is 0 Å². The van der Waals surface area contributed by atoms with Gasteiger partial charge in [0.2, 0.25) is 0 Å². The van der Waals surface area contributed by atoms with Crippen molar-refractivity contribution in [3.63, 3.8) is 0 Å². The zero-order valence-electron chi connectivity index (χ0n) is 22.1. The van der Waals surface area contributed by atoms with E-state index in [1.54, 1.807) is 0 Å². The van der Waals surface area contributed by atoms with Gasteiger partial charge >= 0.3 is 0 Å². The number of allylic oxidation sites excluding steroid dienone is 10.